The van der Waals surface area contributed by atoms with Crippen LogP contribution in [-0.2, 0) is 16.6 Å². The van der Waals surface area contributed by atoms with Crippen molar-refractivity contribution in [3.63, 3.8) is 0 Å². The van der Waals surface area contributed by atoms with Crippen molar-refractivity contribution >= 4 is 21.6 Å². The number of nitrogens with one attached hydrogen (secondary N) is 2. The molecule has 140 valence electrons. The number of carbonyl (C=O) groups excluding carboxylic acids is 1. The molecule has 0 saturated heterocycles. The predicted molar refractivity (Wildman–Crippen MR) is 104 cm³/mol. The van der Waals surface area contributed by atoms with E-state index in [4.69, 9.17) is 0 Å². The molecule has 0 radical (unpaired) electrons. The van der Waals surface area contributed by atoms with Crippen LogP contribution in [0, 0.1) is 6.92 Å². The van der Waals surface area contributed by atoms with Crippen LogP contribution in [0.2, 0.25) is 0 Å². The Morgan fingerprint density at radius 2 is 1.81 bits per heavy atom. The van der Waals surface area contributed by atoms with Crippen LogP contribution < -0.4 is 10.0 Å². The van der Waals surface area contributed by atoms with Crippen LogP contribution >= 0.6 is 0 Å². The number of rotatable bonds is 6. The van der Waals surface area contributed by atoms with Crippen LogP contribution in [-0.4, -0.2) is 30.1 Å². The SMILES string of the molecule is Cc1nccn1-c1ccccc1CNC(=O)c1ccccc1NS(C)(=O)=O. The lowest BCUT2D eigenvalue weighted by atomic mass is 10.1. The van der Waals surface area contributed by atoms with Gasteiger partial charge in [0, 0.05) is 18.9 Å². The molecule has 27 heavy (non-hydrogen) atoms. The van der Waals surface area contributed by atoms with Crippen molar-refractivity contribution < 1.29 is 13.2 Å². The fraction of sp³-hybridized carbons (Fsp3) is 0.158. The molecule has 0 saturated carbocycles. The number of imidazole rings is 1. The highest BCUT2D eigenvalue weighted by Crippen LogP contribution is 2.18. The van der Waals surface area contributed by atoms with E-state index in [1.165, 1.54) is 0 Å². The Morgan fingerprint density at radius 3 is 2.52 bits per heavy atom. The molecule has 1 heterocycles. The Hall–Kier alpha value is -3.13. The summed E-state index contributed by atoms with van der Waals surface area (Å²) >= 11 is 0. The third kappa shape index (κ3) is 4.53. The van der Waals surface area contributed by atoms with Crippen molar-refractivity contribution in [3.8, 4) is 5.69 Å². The maximum absolute atomic E-state index is 12.6. The Kier molecular flexibility index (Phi) is 5.27. The summed E-state index contributed by atoms with van der Waals surface area (Å²) in [6, 6.07) is 14.2. The molecule has 0 atom stereocenters. The second-order valence-corrected chi connectivity index (χ2v) is 7.82. The molecule has 0 bridgehead atoms. The van der Waals surface area contributed by atoms with Crippen molar-refractivity contribution in [2.75, 3.05) is 11.0 Å². The van der Waals surface area contributed by atoms with E-state index in [9.17, 15) is 13.2 Å². The van der Waals surface area contributed by atoms with Gasteiger partial charge in [-0.25, -0.2) is 13.4 Å². The van der Waals surface area contributed by atoms with Crippen LogP contribution in [0.1, 0.15) is 21.7 Å². The van der Waals surface area contributed by atoms with Gasteiger partial charge in [-0.15, -0.1) is 0 Å². The van der Waals surface area contributed by atoms with E-state index in [1.807, 2.05) is 42.0 Å². The maximum Gasteiger partial charge on any atom is 0.253 e. The first kappa shape index (κ1) is 18.7. The van der Waals surface area contributed by atoms with E-state index in [-0.39, 0.29) is 17.2 Å². The molecule has 0 unspecified atom stereocenters. The number of aryl methyl sites for hydroxylation is 1. The number of carbonyl (C=O) groups is 1. The van der Waals surface area contributed by atoms with E-state index in [0.29, 0.717) is 6.54 Å². The molecule has 0 aliphatic carbocycles. The average Bonchev–Trinajstić information content (AvgIpc) is 3.05. The fourth-order valence-corrected chi connectivity index (χ4v) is 3.35. The molecular formula is C19H20N4O3S. The summed E-state index contributed by atoms with van der Waals surface area (Å²) < 4.78 is 27.3. The molecule has 7 nitrogen and oxygen atoms in total. The Balaban J connectivity index is 1.81. The van der Waals surface area contributed by atoms with Gasteiger partial charge in [-0.1, -0.05) is 30.3 Å². The van der Waals surface area contributed by atoms with Gasteiger partial charge in [0.2, 0.25) is 10.0 Å². The summed E-state index contributed by atoms with van der Waals surface area (Å²) in [4.78, 5) is 16.9. The average molecular weight is 384 g/mol. The van der Waals surface area contributed by atoms with Crippen LogP contribution in [0.4, 0.5) is 5.69 Å². The minimum atomic E-state index is -3.48. The van der Waals surface area contributed by atoms with Crippen molar-refractivity contribution in [2.24, 2.45) is 0 Å². The first-order chi connectivity index (χ1) is 12.8. The summed E-state index contributed by atoms with van der Waals surface area (Å²) in [5.41, 5.74) is 2.35. The molecular weight excluding hydrogens is 364 g/mol. The smallest absolute Gasteiger partial charge is 0.253 e. The summed E-state index contributed by atoms with van der Waals surface area (Å²) in [7, 11) is -3.48. The fourth-order valence-electron chi connectivity index (χ4n) is 2.77. The van der Waals surface area contributed by atoms with Crippen molar-refractivity contribution in [1.82, 2.24) is 14.9 Å². The monoisotopic (exact) mass is 384 g/mol. The van der Waals surface area contributed by atoms with Gasteiger partial charge in [0.05, 0.1) is 23.2 Å². The number of para-hydroxylation sites is 2. The summed E-state index contributed by atoms with van der Waals surface area (Å²) in [5.74, 6) is 0.482. The third-order valence-electron chi connectivity index (χ3n) is 3.98. The molecule has 0 spiro atoms. The van der Waals surface area contributed by atoms with Gasteiger partial charge in [-0.05, 0) is 30.7 Å². The van der Waals surface area contributed by atoms with Crippen LogP contribution in [0.3, 0.4) is 0 Å². The van der Waals surface area contributed by atoms with E-state index in [2.05, 4.69) is 15.0 Å². The second kappa shape index (κ2) is 7.63. The molecule has 3 aromatic rings. The van der Waals surface area contributed by atoms with E-state index in [1.54, 1.807) is 30.5 Å². The van der Waals surface area contributed by atoms with Crippen molar-refractivity contribution in [2.45, 2.75) is 13.5 Å². The Labute approximate surface area is 158 Å². The second-order valence-electron chi connectivity index (χ2n) is 6.08. The largest absolute Gasteiger partial charge is 0.348 e. The van der Waals surface area contributed by atoms with Gasteiger partial charge in [0.25, 0.3) is 5.91 Å². The van der Waals surface area contributed by atoms with Gasteiger partial charge in [0.15, 0.2) is 0 Å². The molecule has 0 aliphatic rings. The van der Waals surface area contributed by atoms with Crippen molar-refractivity contribution in [3.05, 3.63) is 77.9 Å². The number of hydrogen-bond acceptors (Lipinski definition) is 4. The summed E-state index contributed by atoms with van der Waals surface area (Å²) in [6.07, 6.45) is 4.63. The first-order valence-corrected chi connectivity index (χ1v) is 10.2. The number of aromatic nitrogens is 2. The molecule has 0 fully saturated rings. The zero-order valence-corrected chi connectivity index (χ0v) is 15.8. The summed E-state index contributed by atoms with van der Waals surface area (Å²) in [6.45, 7) is 2.20. The normalized spacial score (nSPS) is 11.2. The lowest BCUT2D eigenvalue weighted by Gasteiger charge is -2.14. The highest BCUT2D eigenvalue weighted by molar-refractivity contribution is 7.92. The lowest BCUT2D eigenvalue weighted by Crippen LogP contribution is -2.25. The minimum absolute atomic E-state index is 0.247. The highest BCUT2D eigenvalue weighted by atomic mass is 32.2. The zero-order chi connectivity index (χ0) is 19.4. The number of sulfonamides is 1. The molecule has 3 rings (SSSR count). The molecule has 0 aliphatic heterocycles. The zero-order valence-electron chi connectivity index (χ0n) is 15.0. The third-order valence-corrected chi connectivity index (χ3v) is 4.57. The van der Waals surface area contributed by atoms with Crippen LogP contribution in [0.25, 0.3) is 5.69 Å². The molecule has 2 aromatic carbocycles. The molecule has 1 aromatic heterocycles. The van der Waals surface area contributed by atoms with E-state index in [0.717, 1.165) is 23.3 Å². The highest BCUT2D eigenvalue weighted by Gasteiger charge is 2.14. The molecule has 1 amide bonds. The van der Waals surface area contributed by atoms with Gasteiger partial charge >= 0.3 is 0 Å². The van der Waals surface area contributed by atoms with Gasteiger partial charge in [0.1, 0.15) is 5.82 Å². The minimum Gasteiger partial charge on any atom is -0.348 e. The maximum atomic E-state index is 12.6. The topological polar surface area (TPSA) is 93.1 Å². The lowest BCUT2D eigenvalue weighted by molar-refractivity contribution is 0.0952. The standard InChI is InChI=1S/C19H20N4O3S/c1-14-20-11-12-23(14)18-10-6-3-7-15(18)13-21-19(24)16-8-4-5-9-17(16)22-27(2,25)26/h3-12,22H,13H2,1-2H3,(H,21,24). The number of benzene rings is 2. The molecule has 8 heteroatoms. The Morgan fingerprint density at radius 1 is 1.11 bits per heavy atom. The summed E-state index contributed by atoms with van der Waals surface area (Å²) in [5, 5.41) is 2.86. The predicted octanol–water partition coefficient (Wildman–Crippen LogP) is 2.48. The van der Waals surface area contributed by atoms with Gasteiger partial charge < -0.3 is 9.88 Å². The van der Waals surface area contributed by atoms with E-state index < -0.39 is 10.0 Å². The molecule has 2 N–H and O–H groups in total. The Bertz CT molecular complexity index is 1070. The number of hydrogen-bond donors (Lipinski definition) is 2. The van der Waals surface area contributed by atoms with Gasteiger partial charge in [-0.2, -0.15) is 0 Å². The number of anilines is 1. The quantitative estimate of drug-likeness (QED) is 0.683. The van der Waals surface area contributed by atoms with Crippen LogP contribution in [0.15, 0.2) is 60.9 Å². The number of nitrogens with zero attached hydrogens (tertiary/aromatic N) is 2. The number of amides is 1. The van der Waals surface area contributed by atoms with Crippen molar-refractivity contribution in [1.29, 1.82) is 0 Å². The van der Waals surface area contributed by atoms with Gasteiger partial charge in [-0.3, -0.25) is 9.52 Å². The van der Waals surface area contributed by atoms with Crippen LogP contribution in [0.5, 0.6) is 0 Å². The van der Waals surface area contributed by atoms with E-state index >= 15 is 0 Å². The first-order valence-electron chi connectivity index (χ1n) is 8.28.